The number of anilines is 1. The van der Waals surface area contributed by atoms with Crippen molar-refractivity contribution in [3.8, 4) is 6.19 Å². The van der Waals surface area contributed by atoms with E-state index in [4.69, 9.17) is 10.00 Å². The Balaban J connectivity index is 1.50. The predicted octanol–water partition coefficient (Wildman–Crippen LogP) is 2.17. The van der Waals surface area contributed by atoms with Gasteiger partial charge >= 0.3 is 0 Å². The topological polar surface area (TPSA) is 87.0 Å². The number of nitriles is 1. The highest BCUT2D eigenvalue weighted by Crippen LogP contribution is 2.34. The zero-order chi connectivity index (χ0) is 14.7. The Bertz CT molecular complexity index is 541. The Hall–Kier alpha value is -1.65. The lowest BCUT2D eigenvalue weighted by Crippen LogP contribution is -2.44. The molecule has 0 unspecified atom stereocenters. The molecule has 112 valence electrons. The van der Waals surface area contributed by atoms with Gasteiger partial charge in [-0.2, -0.15) is 5.26 Å². The van der Waals surface area contributed by atoms with Gasteiger partial charge in [0, 0.05) is 24.8 Å². The molecule has 2 aliphatic rings. The van der Waals surface area contributed by atoms with E-state index in [1.165, 1.54) is 17.8 Å². The van der Waals surface area contributed by atoms with Gasteiger partial charge in [-0.15, -0.1) is 0 Å². The third-order valence-corrected chi connectivity index (χ3v) is 5.03. The molecule has 6 nitrogen and oxygen atoms in total. The molecular formula is C14H18N4O2S. The third kappa shape index (κ3) is 3.34. The van der Waals surface area contributed by atoms with Crippen LogP contribution in [-0.2, 0) is 9.53 Å². The van der Waals surface area contributed by atoms with E-state index in [1.807, 2.05) is 6.19 Å². The monoisotopic (exact) mass is 306 g/mol. The van der Waals surface area contributed by atoms with Crippen LogP contribution in [0.15, 0.2) is 6.20 Å². The maximum Gasteiger partial charge on any atom is 0.229 e. The Morgan fingerprint density at radius 2 is 2.33 bits per heavy atom. The van der Waals surface area contributed by atoms with Crippen LogP contribution in [-0.4, -0.2) is 23.5 Å². The molecule has 21 heavy (non-hydrogen) atoms. The average Bonchev–Trinajstić information content (AvgIpc) is 2.91. The maximum absolute atomic E-state index is 12.0. The molecule has 1 aliphatic heterocycles. The van der Waals surface area contributed by atoms with E-state index in [0.29, 0.717) is 18.0 Å². The molecule has 1 saturated heterocycles. The van der Waals surface area contributed by atoms with E-state index in [9.17, 15) is 4.79 Å². The quantitative estimate of drug-likeness (QED) is 0.657. The average molecular weight is 306 g/mol. The fourth-order valence-electron chi connectivity index (χ4n) is 2.71. The van der Waals surface area contributed by atoms with E-state index < -0.39 is 0 Å². The smallest absolute Gasteiger partial charge is 0.229 e. The molecule has 2 fully saturated rings. The molecule has 0 aromatic carbocycles. The molecule has 1 aliphatic carbocycles. The summed E-state index contributed by atoms with van der Waals surface area (Å²) in [4.78, 5) is 17.4. The van der Waals surface area contributed by atoms with Crippen LogP contribution in [0.1, 0.15) is 43.1 Å². The predicted molar refractivity (Wildman–Crippen MR) is 78.5 cm³/mol. The number of carbonyl (C=O) groups is 1. The Morgan fingerprint density at radius 3 is 3.05 bits per heavy atom. The van der Waals surface area contributed by atoms with Crippen molar-refractivity contribution in [2.45, 2.75) is 44.2 Å². The zero-order valence-corrected chi connectivity index (χ0v) is 12.5. The van der Waals surface area contributed by atoms with Crippen molar-refractivity contribution in [2.75, 3.05) is 11.9 Å². The van der Waals surface area contributed by atoms with Gasteiger partial charge in [-0.1, -0.05) is 11.3 Å². The van der Waals surface area contributed by atoms with E-state index in [0.717, 1.165) is 24.3 Å². The molecule has 0 radical (unpaired) electrons. The molecule has 2 N–H and O–H groups in total. The second-order valence-electron chi connectivity index (χ2n) is 5.53. The Morgan fingerprint density at radius 1 is 1.48 bits per heavy atom. The number of carbonyl (C=O) groups excluding carboxylic acids is 1. The standard InChI is InChI=1S/C14H18N4O2S/c15-8-17-10-5-9(6-10)13(19)18-14-16-7-12(21-14)11-3-1-2-4-20-11/h7,9-11,17H,1-6H2,(H,16,18,19)/t9-,10-,11-/m0/s1. The summed E-state index contributed by atoms with van der Waals surface area (Å²) in [5.74, 6) is -0.0226. The number of amides is 1. The molecular weight excluding hydrogens is 288 g/mol. The molecule has 0 bridgehead atoms. The molecule has 3 rings (SSSR count). The minimum absolute atomic E-state index is 0.00328. The van der Waals surface area contributed by atoms with Gasteiger partial charge in [0.05, 0.1) is 11.0 Å². The number of rotatable bonds is 4. The van der Waals surface area contributed by atoms with Crippen LogP contribution >= 0.6 is 11.3 Å². The van der Waals surface area contributed by atoms with Crippen molar-refractivity contribution in [1.29, 1.82) is 5.26 Å². The van der Waals surface area contributed by atoms with Crippen molar-refractivity contribution >= 4 is 22.4 Å². The number of nitrogens with zero attached hydrogens (tertiary/aromatic N) is 2. The fourth-order valence-corrected chi connectivity index (χ4v) is 3.61. The summed E-state index contributed by atoms with van der Waals surface area (Å²) in [6.45, 7) is 0.805. The number of hydrogen-bond acceptors (Lipinski definition) is 6. The number of ether oxygens (including phenoxy) is 1. The SMILES string of the molecule is N#CN[C@H]1C[C@H](C(=O)Nc2ncc([C@@H]3CCCCO3)s2)C1. The first-order chi connectivity index (χ1) is 10.3. The van der Waals surface area contributed by atoms with Gasteiger partial charge in [-0.25, -0.2) is 4.98 Å². The summed E-state index contributed by atoms with van der Waals surface area (Å²) >= 11 is 1.49. The summed E-state index contributed by atoms with van der Waals surface area (Å²) < 4.78 is 5.72. The molecule has 2 heterocycles. The minimum Gasteiger partial charge on any atom is -0.373 e. The third-order valence-electron chi connectivity index (χ3n) is 4.03. The molecule has 0 spiro atoms. The number of thiazole rings is 1. The highest BCUT2D eigenvalue weighted by Gasteiger charge is 2.34. The number of hydrogen-bond donors (Lipinski definition) is 2. The lowest BCUT2D eigenvalue weighted by molar-refractivity contribution is -0.122. The fraction of sp³-hybridized carbons (Fsp3) is 0.643. The molecule has 1 aromatic heterocycles. The summed E-state index contributed by atoms with van der Waals surface area (Å²) in [7, 11) is 0. The van der Waals surface area contributed by atoms with Crippen molar-refractivity contribution in [2.24, 2.45) is 5.92 Å². The highest BCUT2D eigenvalue weighted by atomic mass is 32.1. The van der Waals surface area contributed by atoms with Crippen molar-refractivity contribution < 1.29 is 9.53 Å². The van der Waals surface area contributed by atoms with Gasteiger partial charge in [0.15, 0.2) is 11.3 Å². The molecule has 1 aromatic rings. The summed E-state index contributed by atoms with van der Waals surface area (Å²) in [5.41, 5.74) is 0. The molecule has 1 atom stereocenters. The van der Waals surface area contributed by atoms with Crippen LogP contribution < -0.4 is 10.6 Å². The molecule has 1 amide bonds. The Labute approximate surface area is 127 Å². The maximum atomic E-state index is 12.0. The van der Waals surface area contributed by atoms with Gasteiger partial charge in [0.25, 0.3) is 0 Å². The van der Waals surface area contributed by atoms with Gasteiger partial charge in [-0.05, 0) is 32.1 Å². The van der Waals surface area contributed by atoms with Gasteiger partial charge in [0.2, 0.25) is 5.91 Å². The lowest BCUT2D eigenvalue weighted by Gasteiger charge is -2.32. The number of nitrogens with one attached hydrogen (secondary N) is 2. The largest absolute Gasteiger partial charge is 0.373 e. The molecule has 7 heteroatoms. The van der Waals surface area contributed by atoms with Crippen molar-refractivity contribution in [3.05, 3.63) is 11.1 Å². The van der Waals surface area contributed by atoms with Gasteiger partial charge < -0.3 is 15.4 Å². The van der Waals surface area contributed by atoms with Crippen LogP contribution in [0.25, 0.3) is 0 Å². The lowest BCUT2D eigenvalue weighted by atomic mass is 9.80. The van der Waals surface area contributed by atoms with Crippen LogP contribution in [0.4, 0.5) is 5.13 Å². The van der Waals surface area contributed by atoms with Crippen molar-refractivity contribution in [3.63, 3.8) is 0 Å². The second-order valence-corrected chi connectivity index (χ2v) is 6.60. The first-order valence-corrected chi connectivity index (χ1v) is 8.10. The minimum atomic E-state index is -0.0193. The van der Waals surface area contributed by atoms with Crippen LogP contribution in [0, 0.1) is 17.4 Å². The van der Waals surface area contributed by atoms with E-state index in [2.05, 4.69) is 15.6 Å². The normalized spacial score (nSPS) is 28.2. The first kappa shape index (κ1) is 14.3. The van der Waals surface area contributed by atoms with Gasteiger partial charge in [0.1, 0.15) is 0 Å². The van der Waals surface area contributed by atoms with Crippen LogP contribution in [0.2, 0.25) is 0 Å². The zero-order valence-electron chi connectivity index (χ0n) is 11.7. The van der Waals surface area contributed by atoms with E-state index >= 15 is 0 Å². The van der Waals surface area contributed by atoms with Crippen LogP contribution in [0.5, 0.6) is 0 Å². The second kappa shape index (κ2) is 6.41. The first-order valence-electron chi connectivity index (χ1n) is 7.29. The Kier molecular flexibility index (Phi) is 4.36. The summed E-state index contributed by atoms with van der Waals surface area (Å²) in [6.07, 6.45) is 8.60. The summed E-state index contributed by atoms with van der Waals surface area (Å²) in [5, 5.41) is 14.7. The highest BCUT2D eigenvalue weighted by molar-refractivity contribution is 7.15. The van der Waals surface area contributed by atoms with E-state index in [-0.39, 0.29) is 24.0 Å². The summed E-state index contributed by atoms with van der Waals surface area (Å²) in [6, 6.07) is 0.147. The van der Waals surface area contributed by atoms with Crippen molar-refractivity contribution in [1.82, 2.24) is 10.3 Å². The van der Waals surface area contributed by atoms with Crippen LogP contribution in [0.3, 0.4) is 0 Å². The number of aromatic nitrogens is 1. The molecule has 1 saturated carbocycles. The van der Waals surface area contributed by atoms with Gasteiger partial charge in [-0.3, -0.25) is 4.79 Å². The van der Waals surface area contributed by atoms with E-state index in [1.54, 1.807) is 6.20 Å².